The Hall–Kier alpha value is -1.73. The van der Waals surface area contributed by atoms with Gasteiger partial charge in [-0.15, -0.1) is 11.3 Å². The number of carboxylic acid groups (broad SMARTS) is 1. The van der Waals surface area contributed by atoms with Gasteiger partial charge in [0.2, 0.25) is 0 Å². The maximum Gasteiger partial charge on any atom is 0.317 e. The molecule has 0 radical (unpaired) electrons. The van der Waals surface area contributed by atoms with Crippen molar-refractivity contribution in [2.24, 2.45) is 5.92 Å². The number of fused-ring (bicyclic) bond motifs is 1. The summed E-state index contributed by atoms with van der Waals surface area (Å²) < 4.78 is 1.50. The maximum absolute atomic E-state index is 11.9. The first-order valence-corrected chi connectivity index (χ1v) is 7.40. The summed E-state index contributed by atoms with van der Waals surface area (Å²) in [6.45, 7) is 1.16. The van der Waals surface area contributed by atoms with E-state index < -0.39 is 5.97 Å². The first kappa shape index (κ1) is 13.3. The number of nitrogens with zero attached hydrogens (tertiary/aromatic N) is 3. The molecule has 2 aromatic rings. The molecule has 0 amide bonds. The second kappa shape index (κ2) is 5.34. The number of thiazole rings is 1. The molecule has 0 saturated heterocycles. The summed E-state index contributed by atoms with van der Waals surface area (Å²) in [5.74, 6) is -0.250. The second-order valence-corrected chi connectivity index (χ2v) is 6.02. The molecule has 1 aliphatic carbocycles. The summed E-state index contributed by atoms with van der Waals surface area (Å²) in [5, 5.41) is 10.8. The molecule has 1 fully saturated rings. The second-order valence-electron chi connectivity index (χ2n) is 5.15. The van der Waals surface area contributed by atoms with Crippen molar-refractivity contribution in [3.05, 3.63) is 33.7 Å². The quantitative estimate of drug-likeness (QED) is 0.861. The van der Waals surface area contributed by atoms with Gasteiger partial charge in [-0.1, -0.05) is 0 Å². The molecule has 2 heterocycles. The van der Waals surface area contributed by atoms with E-state index in [0.29, 0.717) is 23.1 Å². The maximum atomic E-state index is 11.9. The summed E-state index contributed by atoms with van der Waals surface area (Å²) in [6, 6.07) is 1.49. The lowest BCUT2D eigenvalue weighted by atomic mass is 10.3. The van der Waals surface area contributed by atoms with Crippen LogP contribution in [0.4, 0.5) is 0 Å². The number of rotatable bonds is 6. The third kappa shape index (κ3) is 3.05. The molecule has 7 heteroatoms. The van der Waals surface area contributed by atoms with Gasteiger partial charge in [-0.3, -0.25) is 18.9 Å². The molecule has 0 aromatic carbocycles. The summed E-state index contributed by atoms with van der Waals surface area (Å²) in [7, 11) is 0. The average molecular weight is 293 g/mol. The fraction of sp³-hybridized carbons (Fsp3) is 0.462. The third-order valence-corrected chi connectivity index (χ3v) is 4.07. The minimum Gasteiger partial charge on any atom is -0.480 e. The fourth-order valence-electron chi connectivity index (χ4n) is 2.24. The van der Waals surface area contributed by atoms with Gasteiger partial charge in [0.25, 0.3) is 5.56 Å². The molecule has 1 aliphatic rings. The number of carbonyl (C=O) groups is 1. The van der Waals surface area contributed by atoms with Gasteiger partial charge in [0.15, 0.2) is 4.96 Å². The Morgan fingerprint density at radius 1 is 1.55 bits per heavy atom. The summed E-state index contributed by atoms with van der Waals surface area (Å²) >= 11 is 1.40. The van der Waals surface area contributed by atoms with Crippen LogP contribution in [0.25, 0.3) is 4.96 Å². The van der Waals surface area contributed by atoms with Gasteiger partial charge in [0.1, 0.15) is 0 Å². The zero-order valence-corrected chi connectivity index (χ0v) is 11.7. The lowest BCUT2D eigenvalue weighted by molar-refractivity contribution is -0.138. The Labute approximate surface area is 119 Å². The molecule has 0 atom stereocenters. The van der Waals surface area contributed by atoms with Crippen LogP contribution < -0.4 is 5.56 Å². The molecule has 1 N–H and O–H groups in total. The molecule has 0 unspecified atom stereocenters. The smallest absolute Gasteiger partial charge is 0.317 e. The standard InChI is InChI=1S/C13H15N3O3S/c17-11-5-10(14-13-16(11)3-4-20-13)7-15(8-12(18)19)6-9-1-2-9/h3-5,9H,1-2,6-8H2,(H,18,19). The Kier molecular flexibility index (Phi) is 3.54. The van der Waals surface area contributed by atoms with E-state index in [0.717, 1.165) is 19.4 Å². The molecule has 0 aliphatic heterocycles. The van der Waals surface area contributed by atoms with Crippen molar-refractivity contribution in [1.29, 1.82) is 0 Å². The van der Waals surface area contributed by atoms with Crippen molar-refractivity contribution in [3.63, 3.8) is 0 Å². The molecule has 2 aromatic heterocycles. The first-order chi connectivity index (χ1) is 9.61. The molecule has 6 nitrogen and oxygen atoms in total. The van der Waals surface area contributed by atoms with E-state index in [1.54, 1.807) is 6.20 Å². The number of hydrogen-bond acceptors (Lipinski definition) is 5. The largest absolute Gasteiger partial charge is 0.480 e. The third-order valence-electron chi connectivity index (χ3n) is 3.31. The predicted molar refractivity (Wildman–Crippen MR) is 75.0 cm³/mol. The summed E-state index contributed by atoms with van der Waals surface area (Å²) in [5.41, 5.74) is 0.521. The van der Waals surface area contributed by atoms with Gasteiger partial charge in [-0.05, 0) is 18.8 Å². The van der Waals surface area contributed by atoms with Crippen LogP contribution in [0.3, 0.4) is 0 Å². The van der Waals surface area contributed by atoms with Crippen molar-refractivity contribution < 1.29 is 9.90 Å². The Morgan fingerprint density at radius 2 is 2.35 bits per heavy atom. The average Bonchev–Trinajstić information content (AvgIpc) is 3.03. The molecular formula is C13H15N3O3S. The molecule has 20 heavy (non-hydrogen) atoms. The number of aromatic nitrogens is 2. The van der Waals surface area contributed by atoms with E-state index in [4.69, 9.17) is 5.11 Å². The van der Waals surface area contributed by atoms with Crippen LogP contribution in [0.5, 0.6) is 0 Å². The summed E-state index contributed by atoms with van der Waals surface area (Å²) in [6.07, 6.45) is 4.02. The van der Waals surface area contributed by atoms with E-state index in [9.17, 15) is 9.59 Å². The number of aliphatic carboxylic acids is 1. The van der Waals surface area contributed by atoms with Crippen LogP contribution >= 0.6 is 11.3 Å². The fourth-order valence-corrected chi connectivity index (χ4v) is 2.98. The van der Waals surface area contributed by atoms with E-state index in [1.807, 2.05) is 10.3 Å². The highest BCUT2D eigenvalue weighted by Gasteiger charge is 2.25. The van der Waals surface area contributed by atoms with Gasteiger partial charge in [0.05, 0.1) is 12.2 Å². The minimum atomic E-state index is -0.848. The van der Waals surface area contributed by atoms with Crippen LogP contribution in [0.15, 0.2) is 22.4 Å². The van der Waals surface area contributed by atoms with E-state index in [1.165, 1.54) is 21.8 Å². The van der Waals surface area contributed by atoms with Crippen LogP contribution in [0, 0.1) is 5.92 Å². The van der Waals surface area contributed by atoms with Gasteiger partial charge < -0.3 is 5.11 Å². The topological polar surface area (TPSA) is 74.9 Å². The highest BCUT2D eigenvalue weighted by Crippen LogP contribution is 2.30. The molecule has 0 bridgehead atoms. The highest BCUT2D eigenvalue weighted by molar-refractivity contribution is 7.15. The molecule has 106 valence electrons. The van der Waals surface area contributed by atoms with Gasteiger partial charge in [0, 0.05) is 30.7 Å². The lowest BCUT2D eigenvalue weighted by Gasteiger charge is -2.19. The zero-order valence-electron chi connectivity index (χ0n) is 10.9. The van der Waals surface area contributed by atoms with Gasteiger partial charge >= 0.3 is 5.97 Å². The zero-order chi connectivity index (χ0) is 14.1. The minimum absolute atomic E-state index is 0.0119. The van der Waals surface area contributed by atoms with Crippen molar-refractivity contribution >= 4 is 22.3 Å². The van der Waals surface area contributed by atoms with Crippen molar-refractivity contribution in [2.75, 3.05) is 13.1 Å². The van der Waals surface area contributed by atoms with Gasteiger partial charge in [-0.2, -0.15) is 0 Å². The van der Waals surface area contributed by atoms with Crippen molar-refractivity contribution in [3.8, 4) is 0 Å². The Bertz CT molecular complexity index is 689. The van der Waals surface area contributed by atoms with Crippen molar-refractivity contribution in [1.82, 2.24) is 14.3 Å². The van der Waals surface area contributed by atoms with E-state index in [-0.39, 0.29) is 12.1 Å². The molecule has 1 saturated carbocycles. The number of hydrogen-bond donors (Lipinski definition) is 1. The SMILES string of the molecule is O=C(O)CN(Cc1cc(=O)n2ccsc2n1)CC1CC1. The van der Waals surface area contributed by atoms with Crippen molar-refractivity contribution in [2.45, 2.75) is 19.4 Å². The Morgan fingerprint density at radius 3 is 3.05 bits per heavy atom. The summed E-state index contributed by atoms with van der Waals surface area (Å²) in [4.78, 5) is 29.7. The molecule has 3 rings (SSSR count). The predicted octanol–water partition coefficient (Wildman–Crippen LogP) is 1.05. The lowest BCUT2D eigenvalue weighted by Crippen LogP contribution is -2.32. The molecule has 0 spiro atoms. The molecular weight excluding hydrogens is 278 g/mol. The first-order valence-electron chi connectivity index (χ1n) is 6.52. The monoisotopic (exact) mass is 293 g/mol. The van der Waals surface area contributed by atoms with Crippen LogP contribution in [-0.2, 0) is 11.3 Å². The van der Waals surface area contributed by atoms with Crippen LogP contribution in [0.2, 0.25) is 0 Å². The van der Waals surface area contributed by atoms with Crippen LogP contribution in [0.1, 0.15) is 18.5 Å². The van der Waals surface area contributed by atoms with Crippen LogP contribution in [-0.4, -0.2) is 38.4 Å². The van der Waals surface area contributed by atoms with E-state index >= 15 is 0 Å². The Balaban J connectivity index is 1.80. The number of carboxylic acids is 1. The van der Waals surface area contributed by atoms with E-state index in [2.05, 4.69) is 4.98 Å². The van der Waals surface area contributed by atoms with Gasteiger partial charge in [-0.25, -0.2) is 4.98 Å². The highest BCUT2D eigenvalue weighted by atomic mass is 32.1. The normalized spacial score (nSPS) is 15.1.